The molecule has 0 aliphatic carbocycles. The summed E-state index contributed by atoms with van der Waals surface area (Å²) in [5, 5.41) is 16.1. The molecule has 0 spiro atoms. The third-order valence-corrected chi connectivity index (χ3v) is 4.46. The van der Waals surface area contributed by atoms with Crippen LogP contribution in [-0.4, -0.2) is 34.1 Å². The molecular formula is C14H20BrN5O. The Balaban J connectivity index is 2.26. The molecule has 1 N–H and O–H groups in total. The van der Waals surface area contributed by atoms with Crippen molar-refractivity contribution in [3.63, 3.8) is 0 Å². The van der Waals surface area contributed by atoms with Gasteiger partial charge >= 0.3 is 0 Å². The Morgan fingerprint density at radius 1 is 1.38 bits per heavy atom. The first-order chi connectivity index (χ1) is 10.1. The Labute approximate surface area is 133 Å². The van der Waals surface area contributed by atoms with Crippen LogP contribution >= 0.6 is 15.9 Å². The average molecular weight is 354 g/mol. The molecule has 0 bridgehead atoms. The van der Waals surface area contributed by atoms with E-state index in [0.717, 1.165) is 34.5 Å². The molecule has 2 aromatic rings. The van der Waals surface area contributed by atoms with Gasteiger partial charge in [-0.25, -0.2) is 0 Å². The Morgan fingerprint density at radius 2 is 2.14 bits per heavy atom. The van der Waals surface area contributed by atoms with Crippen LogP contribution in [0.1, 0.15) is 30.0 Å². The third kappa shape index (κ3) is 3.41. The summed E-state index contributed by atoms with van der Waals surface area (Å²) in [6, 6.07) is 3.82. The van der Waals surface area contributed by atoms with Crippen molar-refractivity contribution in [1.29, 1.82) is 0 Å². The van der Waals surface area contributed by atoms with Gasteiger partial charge in [0.25, 0.3) is 0 Å². The van der Waals surface area contributed by atoms with Gasteiger partial charge in [-0.05, 0) is 42.9 Å². The fourth-order valence-corrected chi connectivity index (χ4v) is 2.68. The van der Waals surface area contributed by atoms with Crippen molar-refractivity contribution in [1.82, 2.24) is 25.3 Å². The number of likely N-dealkylation sites (N-methyl/N-ethyl adjacent to an activating group) is 1. The maximum atomic E-state index is 5.04. The summed E-state index contributed by atoms with van der Waals surface area (Å²) in [6.07, 6.45) is 0.784. The smallest absolute Gasteiger partial charge is 0.233 e. The molecule has 2 aromatic heterocycles. The lowest BCUT2D eigenvalue weighted by Gasteiger charge is -2.16. The Kier molecular flexibility index (Phi) is 5.30. The number of ether oxygens (including phenoxy) is 1. The van der Waals surface area contributed by atoms with E-state index in [1.165, 1.54) is 0 Å². The molecule has 0 saturated heterocycles. The molecule has 0 amide bonds. The van der Waals surface area contributed by atoms with E-state index < -0.39 is 0 Å². The van der Waals surface area contributed by atoms with Crippen LogP contribution in [0.2, 0.25) is 0 Å². The highest BCUT2D eigenvalue weighted by Crippen LogP contribution is 2.26. The molecule has 0 radical (unpaired) electrons. The number of aryl methyl sites for hydroxylation is 2. The molecule has 1 atom stereocenters. The summed E-state index contributed by atoms with van der Waals surface area (Å²) < 4.78 is 8.12. The molecule has 6 nitrogen and oxygen atoms in total. The maximum absolute atomic E-state index is 5.04. The highest BCUT2D eigenvalue weighted by molar-refractivity contribution is 9.10. The zero-order chi connectivity index (χ0) is 15.4. The van der Waals surface area contributed by atoms with E-state index >= 15 is 0 Å². The van der Waals surface area contributed by atoms with Crippen LogP contribution < -0.4 is 10.1 Å². The van der Waals surface area contributed by atoms with Gasteiger partial charge in [-0.3, -0.25) is 4.68 Å². The third-order valence-electron chi connectivity index (χ3n) is 3.43. The van der Waals surface area contributed by atoms with E-state index in [1.54, 1.807) is 7.11 Å². The molecule has 0 saturated carbocycles. The van der Waals surface area contributed by atoms with Crippen molar-refractivity contribution in [2.75, 3.05) is 14.2 Å². The second kappa shape index (κ2) is 7.00. The Bertz CT molecular complexity index is 596. The van der Waals surface area contributed by atoms with Gasteiger partial charge in [0.05, 0.1) is 34.7 Å². The second-order valence-corrected chi connectivity index (χ2v) is 5.50. The Hall–Kier alpha value is -1.47. The van der Waals surface area contributed by atoms with E-state index in [1.807, 2.05) is 30.8 Å². The number of methoxy groups -OCH3 is 1. The zero-order valence-electron chi connectivity index (χ0n) is 12.7. The zero-order valence-corrected chi connectivity index (χ0v) is 14.3. The quantitative estimate of drug-likeness (QED) is 0.862. The number of nitrogens with zero attached hydrogens (tertiary/aromatic N) is 4. The monoisotopic (exact) mass is 353 g/mol. The van der Waals surface area contributed by atoms with Gasteiger partial charge in [0.2, 0.25) is 5.88 Å². The molecule has 0 fully saturated rings. The molecule has 2 rings (SSSR count). The van der Waals surface area contributed by atoms with Crippen molar-refractivity contribution in [3.05, 3.63) is 33.7 Å². The maximum Gasteiger partial charge on any atom is 0.233 e. The lowest BCUT2D eigenvalue weighted by atomic mass is 10.1. The van der Waals surface area contributed by atoms with Crippen molar-refractivity contribution in [2.45, 2.75) is 32.9 Å². The van der Waals surface area contributed by atoms with E-state index in [-0.39, 0.29) is 6.04 Å². The van der Waals surface area contributed by atoms with Crippen LogP contribution in [0.3, 0.4) is 0 Å². The topological polar surface area (TPSA) is 64.9 Å². The molecule has 114 valence electrons. The van der Waals surface area contributed by atoms with Crippen LogP contribution in [0.5, 0.6) is 5.88 Å². The lowest BCUT2D eigenvalue weighted by Crippen LogP contribution is -2.22. The summed E-state index contributed by atoms with van der Waals surface area (Å²) in [5.74, 6) is 0.518. The predicted octanol–water partition coefficient (Wildman–Crippen LogP) is 2.28. The van der Waals surface area contributed by atoms with Crippen molar-refractivity contribution >= 4 is 15.9 Å². The summed E-state index contributed by atoms with van der Waals surface area (Å²) in [7, 11) is 3.50. The summed E-state index contributed by atoms with van der Waals surface area (Å²) in [6.45, 7) is 4.93. The van der Waals surface area contributed by atoms with Gasteiger partial charge < -0.3 is 10.1 Å². The van der Waals surface area contributed by atoms with E-state index in [2.05, 4.69) is 43.5 Å². The van der Waals surface area contributed by atoms with Crippen LogP contribution in [0.15, 0.2) is 16.6 Å². The molecule has 0 aliphatic heterocycles. The van der Waals surface area contributed by atoms with E-state index in [0.29, 0.717) is 5.88 Å². The molecule has 7 heteroatoms. The molecule has 0 aromatic carbocycles. The first kappa shape index (κ1) is 15.9. The number of rotatable bonds is 6. The van der Waals surface area contributed by atoms with E-state index in [4.69, 9.17) is 4.74 Å². The number of aromatic nitrogens is 4. The standard InChI is InChI=1S/C14H20BrN5O/c1-5-20-12(14(15)9(2)19-20)8-11(16-3)10-6-7-13(21-4)18-17-10/h6-7,11,16H,5,8H2,1-4H3. The average Bonchev–Trinajstić information content (AvgIpc) is 2.80. The van der Waals surface area contributed by atoms with Crippen LogP contribution in [0, 0.1) is 6.92 Å². The van der Waals surface area contributed by atoms with E-state index in [9.17, 15) is 0 Å². The van der Waals surface area contributed by atoms with Gasteiger partial charge in [-0.2, -0.15) is 10.2 Å². The SMILES string of the molecule is CCn1nc(C)c(Br)c1CC(NC)c1ccc(OC)nn1. The molecule has 2 heterocycles. The summed E-state index contributed by atoms with van der Waals surface area (Å²) >= 11 is 3.63. The normalized spacial score (nSPS) is 12.4. The van der Waals surface area contributed by atoms with Crippen LogP contribution in [0.25, 0.3) is 0 Å². The Morgan fingerprint density at radius 3 is 2.67 bits per heavy atom. The number of hydrogen-bond acceptors (Lipinski definition) is 5. The second-order valence-electron chi connectivity index (χ2n) is 4.71. The fourth-order valence-electron chi connectivity index (χ4n) is 2.24. The number of nitrogens with one attached hydrogen (secondary N) is 1. The predicted molar refractivity (Wildman–Crippen MR) is 84.4 cm³/mol. The molecule has 0 aliphatic rings. The summed E-state index contributed by atoms with van der Waals surface area (Å²) in [4.78, 5) is 0. The number of halogens is 1. The van der Waals surface area contributed by atoms with Crippen molar-refractivity contribution < 1.29 is 4.74 Å². The van der Waals surface area contributed by atoms with Crippen LogP contribution in [-0.2, 0) is 13.0 Å². The van der Waals surface area contributed by atoms with Gasteiger partial charge in [0, 0.05) is 19.0 Å². The van der Waals surface area contributed by atoms with Gasteiger partial charge in [-0.15, -0.1) is 5.10 Å². The van der Waals surface area contributed by atoms with Gasteiger partial charge in [0.1, 0.15) is 0 Å². The largest absolute Gasteiger partial charge is 0.480 e. The molecule has 1 unspecified atom stereocenters. The first-order valence-corrected chi connectivity index (χ1v) is 7.66. The first-order valence-electron chi connectivity index (χ1n) is 6.87. The minimum Gasteiger partial charge on any atom is -0.480 e. The minimum absolute atomic E-state index is 0.0705. The highest BCUT2D eigenvalue weighted by Gasteiger charge is 2.19. The minimum atomic E-state index is 0.0705. The van der Waals surface area contributed by atoms with Crippen molar-refractivity contribution in [3.8, 4) is 5.88 Å². The highest BCUT2D eigenvalue weighted by atomic mass is 79.9. The van der Waals surface area contributed by atoms with Crippen molar-refractivity contribution in [2.24, 2.45) is 0 Å². The molecule has 21 heavy (non-hydrogen) atoms. The fraction of sp³-hybridized carbons (Fsp3) is 0.500. The van der Waals surface area contributed by atoms with Gasteiger partial charge in [0.15, 0.2) is 0 Å². The van der Waals surface area contributed by atoms with Crippen LogP contribution in [0.4, 0.5) is 0 Å². The van der Waals surface area contributed by atoms with Gasteiger partial charge in [-0.1, -0.05) is 0 Å². The number of hydrogen-bond donors (Lipinski definition) is 1. The summed E-state index contributed by atoms with van der Waals surface area (Å²) in [5.41, 5.74) is 3.04. The molecular weight excluding hydrogens is 334 g/mol. The lowest BCUT2D eigenvalue weighted by molar-refractivity contribution is 0.389.